The van der Waals surface area contributed by atoms with E-state index in [2.05, 4.69) is 32.7 Å². The van der Waals surface area contributed by atoms with Gasteiger partial charge in [0.15, 0.2) is 0 Å². The van der Waals surface area contributed by atoms with Gasteiger partial charge in [-0.15, -0.1) is 11.8 Å². The van der Waals surface area contributed by atoms with Crippen LogP contribution in [0.1, 0.15) is 22.1 Å². The molecule has 4 rings (SSSR count). The number of amides is 1. The van der Waals surface area contributed by atoms with Crippen molar-refractivity contribution in [1.82, 2.24) is 20.0 Å². The van der Waals surface area contributed by atoms with Crippen molar-refractivity contribution in [3.8, 4) is 0 Å². The monoisotopic (exact) mass is 313 g/mol. The molecule has 2 aromatic heterocycles. The van der Waals surface area contributed by atoms with Gasteiger partial charge in [-0.2, -0.15) is 10.2 Å². The smallest absolute Gasteiger partial charge is 0.235 e. The molecule has 1 aliphatic heterocycles. The predicted octanol–water partition coefficient (Wildman–Crippen LogP) is 2.38. The third kappa shape index (κ3) is 2.00. The van der Waals surface area contributed by atoms with E-state index in [1.165, 1.54) is 0 Å². The van der Waals surface area contributed by atoms with Crippen LogP contribution in [0.25, 0.3) is 10.9 Å². The first kappa shape index (κ1) is 13.4. The topological polar surface area (TPSA) is 75.6 Å². The molecule has 1 unspecified atom stereocenters. The van der Waals surface area contributed by atoms with Crippen molar-refractivity contribution in [2.45, 2.75) is 12.2 Å². The molecule has 0 bridgehead atoms. The largest absolute Gasteiger partial charge is 0.310 e. The summed E-state index contributed by atoms with van der Waals surface area (Å²) in [6, 6.07) is 6.25. The van der Waals surface area contributed by atoms with Gasteiger partial charge in [-0.1, -0.05) is 6.07 Å². The summed E-state index contributed by atoms with van der Waals surface area (Å²) in [5.74, 6) is 1.24. The van der Waals surface area contributed by atoms with Crippen LogP contribution in [-0.2, 0) is 11.8 Å². The van der Waals surface area contributed by atoms with E-state index >= 15 is 0 Å². The van der Waals surface area contributed by atoms with E-state index in [0.717, 1.165) is 33.5 Å². The number of fused-ring (bicyclic) bond motifs is 2. The Bertz CT molecular complexity index is 881. The molecule has 0 aliphatic carbocycles. The summed E-state index contributed by atoms with van der Waals surface area (Å²) in [7, 11) is 1.86. The van der Waals surface area contributed by atoms with Crippen LogP contribution in [0.3, 0.4) is 0 Å². The highest BCUT2D eigenvalue weighted by Crippen LogP contribution is 2.43. The van der Waals surface area contributed by atoms with Crippen LogP contribution in [-0.4, -0.2) is 31.6 Å². The first-order valence-electron chi connectivity index (χ1n) is 7.01. The molecule has 0 spiro atoms. The fraction of sp³-hybridized carbons (Fsp3) is 0.267. The lowest BCUT2D eigenvalue weighted by molar-refractivity contribution is -0.113. The molecule has 22 heavy (non-hydrogen) atoms. The summed E-state index contributed by atoms with van der Waals surface area (Å²) in [5.41, 5.74) is 4.21. The number of aromatic nitrogens is 4. The average Bonchev–Trinajstić information content (AvgIpc) is 3.00. The van der Waals surface area contributed by atoms with Crippen molar-refractivity contribution in [2.24, 2.45) is 7.05 Å². The number of carbonyl (C=O) groups is 1. The Kier molecular flexibility index (Phi) is 2.97. The second-order valence-corrected chi connectivity index (χ2v) is 6.52. The predicted molar refractivity (Wildman–Crippen MR) is 87.0 cm³/mol. The van der Waals surface area contributed by atoms with Gasteiger partial charge in [0.2, 0.25) is 5.91 Å². The van der Waals surface area contributed by atoms with Gasteiger partial charge in [-0.05, 0) is 24.6 Å². The maximum Gasteiger partial charge on any atom is 0.235 e. The van der Waals surface area contributed by atoms with Crippen LogP contribution in [0.15, 0.2) is 24.4 Å². The maximum atomic E-state index is 12.0. The number of benzene rings is 1. The SMILES string of the molecule is Cc1nn(C)c2c1C(c1ccc3[nH]ncc3c1)SCC(=O)N2. The van der Waals surface area contributed by atoms with Gasteiger partial charge in [0, 0.05) is 18.0 Å². The van der Waals surface area contributed by atoms with E-state index in [0.29, 0.717) is 5.75 Å². The number of hydrogen-bond donors (Lipinski definition) is 2. The van der Waals surface area contributed by atoms with Crippen LogP contribution in [0.2, 0.25) is 0 Å². The lowest BCUT2D eigenvalue weighted by atomic mass is 10.0. The Balaban J connectivity index is 1.89. The van der Waals surface area contributed by atoms with E-state index < -0.39 is 0 Å². The van der Waals surface area contributed by atoms with Gasteiger partial charge in [-0.25, -0.2) is 0 Å². The van der Waals surface area contributed by atoms with Crippen LogP contribution >= 0.6 is 11.8 Å². The van der Waals surface area contributed by atoms with Crippen molar-refractivity contribution in [3.05, 3.63) is 41.2 Å². The molecule has 7 heteroatoms. The van der Waals surface area contributed by atoms with Gasteiger partial charge >= 0.3 is 0 Å². The molecule has 1 amide bonds. The van der Waals surface area contributed by atoms with Gasteiger partial charge < -0.3 is 5.32 Å². The normalized spacial score (nSPS) is 18.1. The number of thioether (sulfide) groups is 1. The van der Waals surface area contributed by atoms with Crippen LogP contribution < -0.4 is 5.32 Å². The van der Waals surface area contributed by atoms with E-state index in [1.807, 2.05) is 26.2 Å². The van der Waals surface area contributed by atoms with Gasteiger partial charge in [0.05, 0.1) is 28.4 Å². The molecule has 0 radical (unpaired) electrons. The summed E-state index contributed by atoms with van der Waals surface area (Å²) >= 11 is 1.63. The number of nitrogens with zero attached hydrogens (tertiary/aromatic N) is 3. The highest BCUT2D eigenvalue weighted by atomic mass is 32.2. The molecule has 1 atom stereocenters. The third-order valence-electron chi connectivity index (χ3n) is 3.94. The van der Waals surface area contributed by atoms with E-state index in [1.54, 1.807) is 16.4 Å². The number of aryl methyl sites for hydroxylation is 2. The van der Waals surface area contributed by atoms with Gasteiger partial charge in [-0.3, -0.25) is 14.6 Å². The minimum atomic E-state index is 0.0149. The van der Waals surface area contributed by atoms with Crippen molar-refractivity contribution in [1.29, 1.82) is 0 Å². The quantitative estimate of drug-likeness (QED) is 0.723. The molecule has 0 fully saturated rings. The number of rotatable bonds is 1. The molecule has 3 heterocycles. The van der Waals surface area contributed by atoms with Crippen LogP contribution in [0.4, 0.5) is 5.82 Å². The number of H-pyrrole nitrogens is 1. The summed E-state index contributed by atoms with van der Waals surface area (Å²) < 4.78 is 1.75. The molecular weight excluding hydrogens is 298 g/mol. The summed E-state index contributed by atoms with van der Waals surface area (Å²) in [6.07, 6.45) is 1.82. The minimum absolute atomic E-state index is 0.0149. The summed E-state index contributed by atoms with van der Waals surface area (Å²) in [6.45, 7) is 1.99. The molecule has 6 nitrogen and oxygen atoms in total. The average molecular weight is 313 g/mol. The van der Waals surface area contributed by atoms with Crippen LogP contribution in [0.5, 0.6) is 0 Å². The van der Waals surface area contributed by atoms with Crippen molar-refractivity contribution < 1.29 is 4.79 Å². The number of nitrogens with one attached hydrogen (secondary N) is 2. The minimum Gasteiger partial charge on any atom is -0.310 e. The number of hydrogen-bond acceptors (Lipinski definition) is 4. The fourth-order valence-corrected chi connectivity index (χ4v) is 4.11. The maximum absolute atomic E-state index is 12.0. The zero-order valence-corrected chi connectivity index (χ0v) is 13.1. The first-order chi connectivity index (χ1) is 10.6. The highest BCUT2D eigenvalue weighted by Gasteiger charge is 2.29. The summed E-state index contributed by atoms with van der Waals surface area (Å²) in [4.78, 5) is 12.0. The zero-order valence-electron chi connectivity index (χ0n) is 12.3. The van der Waals surface area contributed by atoms with Crippen molar-refractivity contribution >= 4 is 34.4 Å². The second kappa shape index (κ2) is 4.88. The Hall–Kier alpha value is -2.28. The third-order valence-corrected chi connectivity index (χ3v) is 5.21. The van der Waals surface area contributed by atoms with Gasteiger partial charge in [0.25, 0.3) is 0 Å². The molecule has 1 aliphatic rings. The number of aromatic amines is 1. The fourth-order valence-electron chi connectivity index (χ4n) is 2.93. The molecule has 1 aromatic carbocycles. The first-order valence-corrected chi connectivity index (χ1v) is 8.06. The zero-order chi connectivity index (χ0) is 15.3. The van der Waals surface area contributed by atoms with E-state index in [9.17, 15) is 4.79 Å². The van der Waals surface area contributed by atoms with E-state index in [-0.39, 0.29) is 11.2 Å². The van der Waals surface area contributed by atoms with Crippen molar-refractivity contribution in [3.63, 3.8) is 0 Å². The summed E-state index contributed by atoms with van der Waals surface area (Å²) in [5, 5.41) is 15.6. The number of carbonyl (C=O) groups excluding carboxylic acids is 1. The second-order valence-electron chi connectivity index (χ2n) is 5.43. The molecule has 2 N–H and O–H groups in total. The Morgan fingerprint density at radius 3 is 3.14 bits per heavy atom. The molecule has 0 saturated carbocycles. The Labute approximate surface area is 131 Å². The lowest BCUT2D eigenvalue weighted by Gasteiger charge is -2.15. The van der Waals surface area contributed by atoms with E-state index in [4.69, 9.17) is 0 Å². The Morgan fingerprint density at radius 1 is 1.41 bits per heavy atom. The Morgan fingerprint density at radius 2 is 2.27 bits per heavy atom. The van der Waals surface area contributed by atoms with Gasteiger partial charge in [0.1, 0.15) is 5.82 Å². The van der Waals surface area contributed by atoms with Crippen LogP contribution in [0, 0.1) is 6.92 Å². The molecule has 3 aromatic rings. The lowest BCUT2D eigenvalue weighted by Crippen LogP contribution is -2.15. The molecule has 112 valence electrons. The van der Waals surface area contributed by atoms with Crippen molar-refractivity contribution in [2.75, 3.05) is 11.1 Å². The molecular formula is C15H15N5OS. The molecule has 0 saturated heterocycles. The standard InChI is InChI=1S/C15H15N5OS/c1-8-13-14(9-3-4-11-10(5-9)6-16-18-11)22-7-12(21)17-15(13)20(2)19-8/h3-6,14H,7H2,1-2H3,(H,16,18)(H,17,21). The highest BCUT2D eigenvalue weighted by molar-refractivity contribution is 8.00. The number of anilines is 1.